The van der Waals surface area contributed by atoms with Gasteiger partial charge in [0, 0.05) is 11.5 Å². The lowest BCUT2D eigenvalue weighted by atomic mass is 10.3. The van der Waals surface area contributed by atoms with E-state index in [2.05, 4.69) is 36.8 Å². The van der Waals surface area contributed by atoms with Crippen molar-refractivity contribution in [2.24, 2.45) is 4.99 Å². The Morgan fingerprint density at radius 3 is 2.29 bits per heavy atom. The lowest BCUT2D eigenvalue weighted by molar-refractivity contribution is 1.54. The first-order valence-corrected chi connectivity index (χ1v) is 10.3. The summed E-state index contributed by atoms with van der Waals surface area (Å²) in [6.07, 6.45) is 2.01. The van der Waals surface area contributed by atoms with Crippen LogP contribution >= 0.6 is 8.19 Å². The van der Waals surface area contributed by atoms with Crippen LogP contribution in [0.1, 0.15) is 5.30 Å². The molecule has 0 amide bonds. The number of hydrogen-bond donors (Lipinski definition) is 0. The van der Waals surface area contributed by atoms with Crippen LogP contribution in [0, 0.1) is 0 Å². The standard InChI is InChI=1S/C14H18NPSi/c1-17(2,3)14-10-9-13(16-14)11-15-12-7-5-4-6-8-12/h4-11,16H,1-3H3/b15-11+. The van der Waals surface area contributed by atoms with Crippen molar-refractivity contribution in [3.05, 3.63) is 47.8 Å². The molecule has 3 heteroatoms. The topological polar surface area (TPSA) is 12.4 Å². The van der Waals surface area contributed by atoms with Crippen LogP contribution in [0.25, 0.3) is 0 Å². The van der Waals surface area contributed by atoms with Gasteiger partial charge in [0.2, 0.25) is 0 Å². The van der Waals surface area contributed by atoms with Gasteiger partial charge in [-0.05, 0) is 23.1 Å². The highest BCUT2D eigenvalue weighted by Crippen LogP contribution is 2.18. The second-order valence-electron chi connectivity index (χ2n) is 5.17. The highest BCUT2D eigenvalue weighted by Gasteiger charge is 2.16. The maximum atomic E-state index is 4.50. The van der Waals surface area contributed by atoms with Crippen molar-refractivity contribution < 1.29 is 0 Å². The number of nitrogens with zero attached hydrogens (tertiary/aromatic N) is 1. The number of benzene rings is 1. The van der Waals surface area contributed by atoms with Crippen LogP contribution < -0.4 is 4.92 Å². The van der Waals surface area contributed by atoms with Crippen LogP contribution in [0.4, 0.5) is 5.69 Å². The minimum atomic E-state index is -1.11. The van der Waals surface area contributed by atoms with Gasteiger partial charge < -0.3 is 0 Å². The molecule has 0 bridgehead atoms. The zero-order chi connectivity index (χ0) is 12.3. The Labute approximate surface area is 106 Å². The van der Waals surface area contributed by atoms with E-state index in [1.165, 1.54) is 5.30 Å². The third-order valence-electron chi connectivity index (χ3n) is 2.63. The molecular formula is C14H18NPSi. The summed E-state index contributed by atoms with van der Waals surface area (Å²) in [6.45, 7) is 7.20. The van der Waals surface area contributed by atoms with E-state index in [4.69, 9.17) is 0 Å². The predicted octanol–water partition coefficient (Wildman–Crippen LogP) is 4.01. The predicted molar refractivity (Wildman–Crippen MR) is 82.6 cm³/mol. The van der Waals surface area contributed by atoms with Crippen molar-refractivity contribution in [1.29, 1.82) is 0 Å². The maximum absolute atomic E-state index is 4.50. The first-order valence-electron chi connectivity index (χ1n) is 5.84. The van der Waals surface area contributed by atoms with E-state index in [1.54, 1.807) is 4.92 Å². The number of rotatable bonds is 3. The van der Waals surface area contributed by atoms with Crippen molar-refractivity contribution in [3.8, 4) is 0 Å². The molecule has 1 heterocycles. The van der Waals surface area contributed by atoms with Gasteiger partial charge in [0.1, 0.15) is 0 Å². The average Bonchev–Trinajstić information content (AvgIpc) is 2.76. The van der Waals surface area contributed by atoms with Gasteiger partial charge in [0.25, 0.3) is 0 Å². The summed E-state index contributed by atoms with van der Waals surface area (Å²) >= 11 is 0. The molecule has 0 radical (unpaired) electrons. The van der Waals surface area contributed by atoms with E-state index in [0.717, 1.165) is 13.9 Å². The number of para-hydroxylation sites is 1. The highest BCUT2D eigenvalue weighted by atomic mass is 31.0. The summed E-state index contributed by atoms with van der Waals surface area (Å²) in [6, 6.07) is 14.6. The highest BCUT2D eigenvalue weighted by molar-refractivity contribution is 7.43. The van der Waals surface area contributed by atoms with E-state index in [9.17, 15) is 0 Å². The van der Waals surface area contributed by atoms with Crippen molar-refractivity contribution in [2.45, 2.75) is 19.6 Å². The van der Waals surface area contributed by atoms with E-state index >= 15 is 0 Å². The van der Waals surface area contributed by atoms with Gasteiger partial charge in [-0.1, -0.05) is 43.9 Å². The molecule has 1 atom stereocenters. The summed E-state index contributed by atoms with van der Waals surface area (Å²) < 4.78 is 0. The maximum Gasteiger partial charge on any atom is 0.0823 e. The Hall–Kier alpha value is -1.11. The molecule has 0 aliphatic carbocycles. The number of hydrogen-bond acceptors (Lipinski definition) is 1. The molecule has 1 aromatic heterocycles. The average molecular weight is 259 g/mol. The molecule has 1 unspecified atom stereocenters. The summed E-state index contributed by atoms with van der Waals surface area (Å²) in [5.41, 5.74) is 1.03. The van der Waals surface area contributed by atoms with Gasteiger partial charge in [-0.25, -0.2) is 0 Å². The van der Waals surface area contributed by atoms with Crippen LogP contribution in [0.5, 0.6) is 0 Å². The Balaban J connectivity index is 2.15. The van der Waals surface area contributed by atoms with Crippen molar-refractivity contribution in [3.63, 3.8) is 0 Å². The summed E-state index contributed by atoms with van der Waals surface area (Å²) in [4.78, 5) is 6.15. The van der Waals surface area contributed by atoms with Gasteiger partial charge in [0.15, 0.2) is 0 Å². The largest absolute Gasteiger partial charge is 0.256 e. The molecule has 0 spiro atoms. The van der Waals surface area contributed by atoms with Gasteiger partial charge in [-0.2, -0.15) is 0 Å². The Kier molecular flexibility index (Phi) is 3.65. The van der Waals surface area contributed by atoms with Gasteiger partial charge in [-0.3, -0.25) is 4.99 Å². The van der Waals surface area contributed by atoms with Gasteiger partial charge in [0.05, 0.1) is 13.8 Å². The van der Waals surface area contributed by atoms with Crippen molar-refractivity contribution >= 4 is 33.1 Å². The van der Waals surface area contributed by atoms with Crippen LogP contribution in [0.2, 0.25) is 19.6 Å². The third kappa shape index (κ3) is 3.42. The fraction of sp³-hybridized carbons (Fsp3) is 0.214. The lowest BCUT2D eigenvalue weighted by Gasteiger charge is -2.13. The van der Waals surface area contributed by atoms with E-state index in [1.807, 2.05) is 36.5 Å². The van der Waals surface area contributed by atoms with Gasteiger partial charge in [-0.15, -0.1) is 8.19 Å². The summed E-state index contributed by atoms with van der Waals surface area (Å²) in [5.74, 6) is 0. The molecular weight excluding hydrogens is 241 g/mol. The van der Waals surface area contributed by atoms with Crippen molar-refractivity contribution in [2.75, 3.05) is 0 Å². The molecule has 0 N–H and O–H groups in total. The van der Waals surface area contributed by atoms with Crippen LogP contribution in [0.3, 0.4) is 0 Å². The first-order chi connectivity index (χ1) is 8.05. The van der Waals surface area contributed by atoms with Crippen molar-refractivity contribution in [1.82, 2.24) is 0 Å². The normalized spacial score (nSPS) is 12.6. The Bertz CT molecular complexity index is 509. The molecule has 0 saturated carbocycles. The molecule has 88 valence electrons. The zero-order valence-electron chi connectivity index (χ0n) is 10.6. The van der Waals surface area contributed by atoms with Crippen LogP contribution in [0.15, 0.2) is 47.5 Å². The SMILES string of the molecule is C[Si](C)(C)c1ccc(/C=N/c2ccccc2)[pH]1. The molecule has 0 aliphatic rings. The third-order valence-corrected chi connectivity index (χ3v) is 8.05. The Morgan fingerprint density at radius 1 is 1.00 bits per heavy atom. The fourth-order valence-electron chi connectivity index (χ4n) is 1.58. The minimum absolute atomic E-state index is 0.829. The lowest BCUT2D eigenvalue weighted by Crippen LogP contribution is -2.34. The van der Waals surface area contributed by atoms with Gasteiger partial charge >= 0.3 is 0 Å². The summed E-state index contributed by atoms with van der Waals surface area (Å²) in [5, 5.41) is 1.35. The smallest absolute Gasteiger partial charge is 0.0823 e. The molecule has 1 nitrogen and oxygen atoms in total. The minimum Gasteiger partial charge on any atom is -0.256 e. The monoisotopic (exact) mass is 259 g/mol. The Morgan fingerprint density at radius 2 is 1.71 bits per heavy atom. The van der Waals surface area contributed by atoms with E-state index in [0.29, 0.717) is 0 Å². The first kappa shape index (κ1) is 12.3. The van der Waals surface area contributed by atoms with E-state index in [-0.39, 0.29) is 0 Å². The molecule has 0 aliphatic heterocycles. The molecule has 0 saturated heterocycles. The molecule has 2 rings (SSSR count). The second-order valence-corrected chi connectivity index (χ2v) is 12.1. The molecule has 17 heavy (non-hydrogen) atoms. The van der Waals surface area contributed by atoms with Crippen LogP contribution in [-0.2, 0) is 0 Å². The fourth-order valence-corrected chi connectivity index (χ4v) is 4.87. The molecule has 2 aromatic rings. The molecule has 0 fully saturated rings. The second kappa shape index (κ2) is 5.03. The zero-order valence-corrected chi connectivity index (χ0v) is 12.6. The quantitative estimate of drug-likeness (QED) is 0.583. The van der Waals surface area contributed by atoms with Crippen LogP contribution in [-0.4, -0.2) is 14.3 Å². The molecule has 1 aromatic carbocycles. The number of aliphatic imine (C=N–C) groups is 1. The summed E-state index contributed by atoms with van der Waals surface area (Å²) in [7, 11) is -0.286. The van der Waals surface area contributed by atoms with E-state index < -0.39 is 8.07 Å².